The second-order valence-electron chi connectivity index (χ2n) is 6.23. The number of carbonyl (C=O) groups excluding carboxylic acids is 1. The number of aromatic nitrogens is 4. The summed E-state index contributed by atoms with van der Waals surface area (Å²) in [6.07, 6.45) is 7.60. The predicted molar refractivity (Wildman–Crippen MR) is 93.2 cm³/mol. The van der Waals surface area contributed by atoms with Gasteiger partial charge in [-0.15, -0.1) is 0 Å². The van der Waals surface area contributed by atoms with Gasteiger partial charge in [-0.3, -0.25) is 4.79 Å². The van der Waals surface area contributed by atoms with Crippen molar-refractivity contribution in [1.82, 2.24) is 24.8 Å². The Bertz CT molecular complexity index is 706. The summed E-state index contributed by atoms with van der Waals surface area (Å²) in [5, 5.41) is 16.5. The maximum atomic E-state index is 12.0. The third-order valence-corrected chi connectivity index (χ3v) is 4.34. The molecule has 3 heterocycles. The van der Waals surface area contributed by atoms with Crippen molar-refractivity contribution < 1.29 is 9.90 Å². The molecule has 0 aromatic carbocycles. The van der Waals surface area contributed by atoms with Crippen LogP contribution in [0.1, 0.15) is 12.8 Å². The maximum absolute atomic E-state index is 12.0. The van der Waals surface area contributed by atoms with Gasteiger partial charge in [0.25, 0.3) is 0 Å². The molecule has 134 valence electrons. The van der Waals surface area contributed by atoms with Gasteiger partial charge in [-0.2, -0.15) is 0 Å². The summed E-state index contributed by atoms with van der Waals surface area (Å²) < 4.78 is 1.85. The summed E-state index contributed by atoms with van der Waals surface area (Å²) in [6.45, 7) is 1.91. The Morgan fingerprint density at radius 3 is 3.08 bits per heavy atom. The van der Waals surface area contributed by atoms with Crippen molar-refractivity contribution in [1.29, 1.82) is 0 Å². The van der Waals surface area contributed by atoms with E-state index in [9.17, 15) is 9.90 Å². The number of carbonyl (C=O) groups is 1. The summed E-state index contributed by atoms with van der Waals surface area (Å²) in [7, 11) is 1.80. The normalized spacial score (nSPS) is 19.8. The van der Waals surface area contributed by atoms with E-state index in [4.69, 9.17) is 0 Å². The zero-order chi connectivity index (χ0) is 17.7. The van der Waals surface area contributed by atoms with Crippen molar-refractivity contribution in [2.24, 2.45) is 0 Å². The molecule has 2 aromatic rings. The summed E-state index contributed by atoms with van der Waals surface area (Å²) >= 11 is 0. The first-order chi connectivity index (χ1) is 12.1. The molecule has 25 heavy (non-hydrogen) atoms. The number of nitrogens with one attached hydrogen (secondary N) is 2. The topological polar surface area (TPSA) is 108 Å². The van der Waals surface area contributed by atoms with Gasteiger partial charge in [-0.05, 0) is 6.42 Å². The lowest BCUT2D eigenvalue weighted by Crippen LogP contribution is -2.45. The predicted octanol–water partition coefficient (Wildman–Crippen LogP) is -0.137. The molecule has 1 fully saturated rings. The third kappa shape index (κ3) is 4.44. The standard InChI is InChI=1S/C16H23N7O2/c1-17-13-8-14(21-11-20-13)23-6-3-16(25,10-23)9-19-15(24)2-5-22-7-4-18-12-22/h4,7-8,11-12,25H,2-3,5-6,9-10H2,1H3,(H,19,24)(H,17,20,21). The molecule has 0 aliphatic carbocycles. The fraction of sp³-hybridized carbons (Fsp3) is 0.500. The van der Waals surface area contributed by atoms with E-state index in [0.29, 0.717) is 32.5 Å². The first kappa shape index (κ1) is 17.2. The first-order valence-electron chi connectivity index (χ1n) is 8.27. The number of β-amino-alcohol motifs (C(OH)–C–C–N with tert-alkyl or cyclic N) is 1. The van der Waals surface area contributed by atoms with Crippen molar-refractivity contribution >= 4 is 17.5 Å². The average molecular weight is 345 g/mol. The number of amides is 1. The zero-order valence-corrected chi connectivity index (χ0v) is 14.2. The van der Waals surface area contributed by atoms with Gasteiger partial charge in [0.15, 0.2) is 0 Å². The van der Waals surface area contributed by atoms with Gasteiger partial charge in [0.2, 0.25) is 5.91 Å². The van der Waals surface area contributed by atoms with E-state index in [2.05, 4.69) is 25.6 Å². The molecular formula is C16H23N7O2. The molecule has 2 aromatic heterocycles. The fourth-order valence-corrected chi connectivity index (χ4v) is 2.85. The Labute approximate surface area is 146 Å². The SMILES string of the molecule is CNc1cc(N2CCC(O)(CNC(=O)CCn3ccnc3)C2)ncn1. The number of aliphatic hydroxyl groups is 1. The molecule has 3 N–H and O–H groups in total. The van der Waals surface area contributed by atoms with E-state index in [1.807, 2.05) is 21.7 Å². The minimum atomic E-state index is -0.949. The van der Waals surface area contributed by atoms with Crippen LogP contribution in [0.5, 0.6) is 0 Å². The Morgan fingerprint density at radius 2 is 2.32 bits per heavy atom. The monoisotopic (exact) mass is 345 g/mol. The quantitative estimate of drug-likeness (QED) is 0.641. The molecule has 1 aliphatic rings. The summed E-state index contributed by atoms with van der Waals surface area (Å²) in [5.74, 6) is 1.41. The lowest BCUT2D eigenvalue weighted by Gasteiger charge is -2.24. The van der Waals surface area contributed by atoms with Crippen LogP contribution in [0, 0.1) is 0 Å². The second-order valence-corrected chi connectivity index (χ2v) is 6.23. The van der Waals surface area contributed by atoms with Gasteiger partial charge in [0.05, 0.1) is 6.33 Å². The second kappa shape index (κ2) is 7.47. The number of rotatable bonds is 7. The van der Waals surface area contributed by atoms with E-state index >= 15 is 0 Å². The Balaban J connectivity index is 1.48. The highest BCUT2D eigenvalue weighted by molar-refractivity contribution is 5.75. The van der Waals surface area contributed by atoms with E-state index in [1.54, 1.807) is 19.6 Å². The number of anilines is 2. The highest BCUT2D eigenvalue weighted by atomic mass is 16.3. The van der Waals surface area contributed by atoms with Crippen molar-refractivity contribution in [3.63, 3.8) is 0 Å². The smallest absolute Gasteiger partial charge is 0.221 e. The highest BCUT2D eigenvalue weighted by Gasteiger charge is 2.37. The average Bonchev–Trinajstić information content (AvgIpc) is 3.28. The Morgan fingerprint density at radius 1 is 1.44 bits per heavy atom. The highest BCUT2D eigenvalue weighted by Crippen LogP contribution is 2.25. The van der Waals surface area contributed by atoms with Crippen molar-refractivity contribution in [2.75, 3.05) is 36.9 Å². The molecule has 3 rings (SSSR count). The first-order valence-corrected chi connectivity index (χ1v) is 8.27. The summed E-state index contributed by atoms with van der Waals surface area (Å²) in [5.41, 5.74) is -0.949. The van der Waals surface area contributed by atoms with Crippen LogP contribution in [0.3, 0.4) is 0 Å². The molecule has 1 unspecified atom stereocenters. The van der Waals surface area contributed by atoms with Gasteiger partial charge >= 0.3 is 0 Å². The maximum Gasteiger partial charge on any atom is 0.221 e. The lowest BCUT2D eigenvalue weighted by atomic mass is 10.0. The lowest BCUT2D eigenvalue weighted by molar-refractivity contribution is -0.122. The van der Waals surface area contributed by atoms with Crippen LogP contribution in [0.2, 0.25) is 0 Å². The number of nitrogens with zero attached hydrogens (tertiary/aromatic N) is 5. The fourth-order valence-electron chi connectivity index (χ4n) is 2.85. The zero-order valence-electron chi connectivity index (χ0n) is 14.2. The minimum Gasteiger partial charge on any atom is -0.386 e. The van der Waals surface area contributed by atoms with E-state index in [-0.39, 0.29) is 12.5 Å². The summed E-state index contributed by atoms with van der Waals surface area (Å²) in [4.78, 5) is 26.3. The largest absolute Gasteiger partial charge is 0.386 e. The number of imidazole rings is 1. The molecule has 0 spiro atoms. The molecule has 0 saturated carbocycles. The van der Waals surface area contributed by atoms with Gasteiger partial charge in [-0.1, -0.05) is 0 Å². The van der Waals surface area contributed by atoms with Crippen molar-refractivity contribution in [2.45, 2.75) is 25.0 Å². The van der Waals surface area contributed by atoms with Crippen LogP contribution in [-0.2, 0) is 11.3 Å². The Kier molecular flexibility index (Phi) is 5.13. The molecule has 1 saturated heterocycles. The van der Waals surface area contributed by atoms with Gasteiger partial charge in [-0.25, -0.2) is 15.0 Å². The third-order valence-electron chi connectivity index (χ3n) is 4.34. The van der Waals surface area contributed by atoms with Crippen LogP contribution < -0.4 is 15.5 Å². The van der Waals surface area contributed by atoms with Crippen LogP contribution in [-0.4, -0.2) is 62.8 Å². The van der Waals surface area contributed by atoms with E-state index in [0.717, 1.165) is 11.6 Å². The van der Waals surface area contributed by atoms with Crippen LogP contribution >= 0.6 is 0 Å². The van der Waals surface area contributed by atoms with Crippen molar-refractivity contribution in [3.05, 3.63) is 31.1 Å². The van der Waals surface area contributed by atoms with Crippen LogP contribution in [0.15, 0.2) is 31.1 Å². The van der Waals surface area contributed by atoms with Gasteiger partial charge < -0.3 is 25.2 Å². The van der Waals surface area contributed by atoms with Gasteiger partial charge in [0.1, 0.15) is 23.6 Å². The molecule has 9 nitrogen and oxygen atoms in total. The molecule has 0 bridgehead atoms. The Hall–Kier alpha value is -2.68. The molecule has 9 heteroatoms. The van der Waals surface area contributed by atoms with Crippen LogP contribution in [0.25, 0.3) is 0 Å². The van der Waals surface area contributed by atoms with E-state index < -0.39 is 5.60 Å². The molecule has 1 amide bonds. The molecule has 1 atom stereocenters. The van der Waals surface area contributed by atoms with E-state index in [1.165, 1.54) is 6.33 Å². The van der Waals surface area contributed by atoms with Crippen molar-refractivity contribution in [3.8, 4) is 0 Å². The number of aryl methyl sites for hydroxylation is 1. The molecule has 1 aliphatic heterocycles. The molecular weight excluding hydrogens is 322 g/mol. The number of hydrogen-bond acceptors (Lipinski definition) is 7. The summed E-state index contributed by atoms with van der Waals surface area (Å²) in [6, 6.07) is 1.84. The number of hydrogen-bond donors (Lipinski definition) is 3. The van der Waals surface area contributed by atoms with Gasteiger partial charge in [0, 0.05) is 58.1 Å². The molecule has 0 radical (unpaired) electrons. The minimum absolute atomic E-state index is 0.0833. The van der Waals surface area contributed by atoms with Crippen LogP contribution in [0.4, 0.5) is 11.6 Å².